The fraction of sp³-hybridized carbons (Fsp3) is 0.556. The molecule has 0 bridgehead atoms. The molecule has 21 heavy (non-hydrogen) atoms. The second-order valence-corrected chi connectivity index (χ2v) is 6.53. The second-order valence-electron chi connectivity index (χ2n) is 6.53. The van der Waals surface area contributed by atoms with Gasteiger partial charge in [-0.2, -0.15) is 0 Å². The molecule has 3 rings (SSSR count). The zero-order valence-corrected chi connectivity index (χ0v) is 13.6. The minimum absolute atomic E-state index is 1.18. The van der Waals surface area contributed by atoms with Gasteiger partial charge in [0, 0.05) is 42.8 Å². The molecule has 3 nitrogen and oxygen atoms in total. The van der Waals surface area contributed by atoms with Crippen molar-refractivity contribution in [2.24, 2.45) is 0 Å². The fourth-order valence-corrected chi connectivity index (χ4v) is 3.38. The van der Waals surface area contributed by atoms with Gasteiger partial charge in [-0.3, -0.25) is 0 Å². The molecule has 0 amide bonds. The van der Waals surface area contributed by atoms with E-state index in [4.69, 9.17) is 0 Å². The standard InChI is InChI=1S/C18H27N3/c1-14-6-7-17-16(15(2)19-18(17)13-14)5-4-8-21-11-9-20(3)10-12-21/h6-7,13,19H,4-5,8-12H2,1-3H3. The lowest BCUT2D eigenvalue weighted by Crippen LogP contribution is -2.44. The van der Waals surface area contributed by atoms with Crippen molar-refractivity contribution < 1.29 is 0 Å². The van der Waals surface area contributed by atoms with E-state index in [-0.39, 0.29) is 0 Å². The molecule has 1 aromatic heterocycles. The number of nitrogens with one attached hydrogen (secondary N) is 1. The van der Waals surface area contributed by atoms with E-state index in [9.17, 15) is 0 Å². The minimum Gasteiger partial charge on any atom is -0.358 e. The van der Waals surface area contributed by atoms with Crippen LogP contribution in [0.25, 0.3) is 10.9 Å². The number of piperazine rings is 1. The summed E-state index contributed by atoms with van der Waals surface area (Å²) in [5.74, 6) is 0. The highest BCUT2D eigenvalue weighted by Gasteiger charge is 2.14. The third-order valence-electron chi connectivity index (χ3n) is 4.77. The lowest BCUT2D eigenvalue weighted by molar-refractivity contribution is 0.153. The molecular weight excluding hydrogens is 258 g/mol. The van der Waals surface area contributed by atoms with Gasteiger partial charge in [-0.25, -0.2) is 0 Å². The first-order chi connectivity index (χ1) is 10.1. The van der Waals surface area contributed by atoms with Crippen LogP contribution in [0.1, 0.15) is 23.2 Å². The van der Waals surface area contributed by atoms with Gasteiger partial charge in [0.25, 0.3) is 0 Å². The van der Waals surface area contributed by atoms with Gasteiger partial charge in [-0.05, 0) is 57.5 Å². The number of hydrogen-bond donors (Lipinski definition) is 1. The normalized spacial score (nSPS) is 17.7. The molecule has 0 unspecified atom stereocenters. The van der Waals surface area contributed by atoms with Gasteiger partial charge in [-0.15, -0.1) is 0 Å². The van der Waals surface area contributed by atoms with Crippen molar-refractivity contribution in [1.82, 2.24) is 14.8 Å². The maximum atomic E-state index is 3.54. The summed E-state index contributed by atoms with van der Waals surface area (Å²) in [5.41, 5.74) is 5.47. The summed E-state index contributed by atoms with van der Waals surface area (Å²) in [5, 5.41) is 1.41. The van der Waals surface area contributed by atoms with Gasteiger partial charge >= 0.3 is 0 Å². The monoisotopic (exact) mass is 285 g/mol. The van der Waals surface area contributed by atoms with Gasteiger partial charge in [0.2, 0.25) is 0 Å². The SMILES string of the molecule is Cc1ccc2c(CCCN3CCN(C)CC3)c(C)[nH]c2c1. The Morgan fingerprint density at radius 3 is 2.62 bits per heavy atom. The van der Waals surface area contributed by atoms with Gasteiger partial charge < -0.3 is 14.8 Å². The molecule has 0 aliphatic carbocycles. The molecule has 1 N–H and O–H groups in total. The molecule has 1 aromatic carbocycles. The van der Waals surface area contributed by atoms with Crippen LogP contribution in [-0.2, 0) is 6.42 Å². The lowest BCUT2D eigenvalue weighted by atomic mass is 10.0. The van der Waals surface area contributed by atoms with Gasteiger partial charge in [0.15, 0.2) is 0 Å². The van der Waals surface area contributed by atoms with Crippen molar-refractivity contribution in [3.63, 3.8) is 0 Å². The number of H-pyrrole nitrogens is 1. The Bertz CT molecular complexity index is 606. The van der Waals surface area contributed by atoms with Crippen LogP contribution in [0.3, 0.4) is 0 Å². The molecule has 0 spiro atoms. The Morgan fingerprint density at radius 1 is 1.10 bits per heavy atom. The topological polar surface area (TPSA) is 22.3 Å². The Hall–Kier alpha value is -1.32. The minimum atomic E-state index is 1.18. The summed E-state index contributed by atoms with van der Waals surface area (Å²) in [6, 6.07) is 6.76. The van der Waals surface area contributed by atoms with Crippen LogP contribution in [0.4, 0.5) is 0 Å². The molecule has 3 heteroatoms. The number of likely N-dealkylation sites (N-methyl/N-ethyl adjacent to an activating group) is 1. The predicted octanol–water partition coefficient (Wildman–Crippen LogP) is 2.96. The smallest absolute Gasteiger partial charge is 0.0461 e. The summed E-state index contributed by atoms with van der Waals surface area (Å²) >= 11 is 0. The number of hydrogen-bond acceptors (Lipinski definition) is 2. The van der Waals surface area contributed by atoms with Crippen LogP contribution in [0, 0.1) is 13.8 Å². The van der Waals surface area contributed by atoms with Crippen molar-refractivity contribution in [1.29, 1.82) is 0 Å². The number of aryl methyl sites for hydroxylation is 3. The third-order valence-corrected chi connectivity index (χ3v) is 4.77. The Kier molecular flexibility index (Phi) is 4.32. The van der Waals surface area contributed by atoms with Crippen molar-refractivity contribution in [3.05, 3.63) is 35.0 Å². The van der Waals surface area contributed by atoms with Crippen LogP contribution in [0.15, 0.2) is 18.2 Å². The first-order valence-electron chi connectivity index (χ1n) is 8.12. The third kappa shape index (κ3) is 3.30. The second kappa shape index (κ2) is 6.20. The van der Waals surface area contributed by atoms with E-state index in [1.165, 1.54) is 73.3 Å². The molecule has 2 heterocycles. The van der Waals surface area contributed by atoms with E-state index in [1.807, 2.05) is 0 Å². The van der Waals surface area contributed by atoms with Crippen molar-refractivity contribution in [3.8, 4) is 0 Å². The van der Waals surface area contributed by atoms with Crippen molar-refractivity contribution in [2.45, 2.75) is 26.7 Å². The Morgan fingerprint density at radius 2 is 1.86 bits per heavy atom. The fourth-order valence-electron chi connectivity index (χ4n) is 3.38. The number of nitrogens with zero attached hydrogens (tertiary/aromatic N) is 2. The summed E-state index contributed by atoms with van der Waals surface area (Å²) in [6.45, 7) is 10.5. The van der Waals surface area contributed by atoms with Crippen LogP contribution >= 0.6 is 0 Å². The van der Waals surface area contributed by atoms with Gasteiger partial charge in [0.1, 0.15) is 0 Å². The Labute approximate surface area is 127 Å². The molecule has 1 fully saturated rings. The van der Waals surface area contributed by atoms with Crippen LogP contribution in [0.2, 0.25) is 0 Å². The van der Waals surface area contributed by atoms with E-state index in [2.05, 4.69) is 53.9 Å². The highest BCUT2D eigenvalue weighted by molar-refractivity contribution is 5.85. The molecule has 1 aliphatic heterocycles. The van der Waals surface area contributed by atoms with Gasteiger partial charge in [-0.1, -0.05) is 12.1 Å². The highest BCUT2D eigenvalue weighted by atomic mass is 15.2. The van der Waals surface area contributed by atoms with Crippen molar-refractivity contribution in [2.75, 3.05) is 39.8 Å². The summed E-state index contributed by atoms with van der Waals surface area (Å²) in [4.78, 5) is 8.57. The summed E-state index contributed by atoms with van der Waals surface area (Å²) in [6.07, 6.45) is 2.44. The number of aromatic nitrogens is 1. The van der Waals surface area contributed by atoms with Crippen molar-refractivity contribution >= 4 is 10.9 Å². The Balaban J connectivity index is 1.61. The quantitative estimate of drug-likeness (QED) is 0.933. The maximum Gasteiger partial charge on any atom is 0.0461 e. The molecular formula is C18H27N3. The first kappa shape index (κ1) is 14.6. The number of rotatable bonds is 4. The average Bonchev–Trinajstić information content (AvgIpc) is 2.76. The van der Waals surface area contributed by atoms with Gasteiger partial charge in [0.05, 0.1) is 0 Å². The summed E-state index contributed by atoms with van der Waals surface area (Å²) in [7, 11) is 2.22. The molecule has 0 saturated carbocycles. The lowest BCUT2D eigenvalue weighted by Gasteiger charge is -2.32. The van der Waals surface area contributed by atoms with E-state index < -0.39 is 0 Å². The van der Waals surface area contributed by atoms with Crippen LogP contribution < -0.4 is 0 Å². The largest absolute Gasteiger partial charge is 0.358 e. The highest BCUT2D eigenvalue weighted by Crippen LogP contribution is 2.24. The van der Waals surface area contributed by atoms with Crippen LogP contribution in [-0.4, -0.2) is 54.6 Å². The summed E-state index contributed by atoms with van der Waals surface area (Å²) < 4.78 is 0. The van der Waals surface area contributed by atoms with E-state index in [0.717, 1.165) is 0 Å². The zero-order chi connectivity index (χ0) is 14.8. The maximum absolute atomic E-state index is 3.54. The molecule has 1 aliphatic rings. The first-order valence-corrected chi connectivity index (χ1v) is 8.12. The number of fused-ring (bicyclic) bond motifs is 1. The molecule has 2 aromatic rings. The van der Waals surface area contributed by atoms with E-state index in [0.29, 0.717) is 0 Å². The predicted molar refractivity (Wildman–Crippen MR) is 90.0 cm³/mol. The number of benzene rings is 1. The molecule has 0 radical (unpaired) electrons. The molecule has 1 saturated heterocycles. The average molecular weight is 285 g/mol. The van der Waals surface area contributed by atoms with Crippen LogP contribution in [0.5, 0.6) is 0 Å². The molecule has 114 valence electrons. The number of aromatic amines is 1. The molecule has 0 atom stereocenters. The zero-order valence-electron chi connectivity index (χ0n) is 13.6. The van der Waals surface area contributed by atoms with E-state index in [1.54, 1.807) is 0 Å². The van der Waals surface area contributed by atoms with E-state index >= 15 is 0 Å².